The molecule has 0 aliphatic heterocycles. The third kappa shape index (κ3) is 6.55. The van der Waals surface area contributed by atoms with Crippen LogP contribution in [0.25, 0.3) is 0 Å². The van der Waals surface area contributed by atoms with Gasteiger partial charge in [0.2, 0.25) is 5.16 Å². The average Bonchev–Trinajstić information content (AvgIpc) is 2.91. The summed E-state index contributed by atoms with van der Waals surface area (Å²) in [7, 11) is 1.84. The third-order valence-electron chi connectivity index (χ3n) is 2.94. The van der Waals surface area contributed by atoms with Gasteiger partial charge in [0.15, 0.2) is 0 Å². The summed E-state index contributed by atoms with van der Waals surface area (Å²) in [5, 5.41) is 16.2. The second kappa shape index (κ2) is 10.7. The van der Waals surface area contributed by atoms with Gasteiger partial charge >= 0.3 is 0 Å². The minimum atomic E-state index is 0. The molecule has 1 heterocycles. The molecule has 128 valence electrons. The van der Waals surface area contributed by atoms with Crippen molar-refractivity contribution in [3.8, 4) is 5.75 Å². The zero-order chi connectivity index (χ0) is 15.8. The molecule has 0 radical (unpaired) electrons. The highest BCUT2D eigenvalue weighted by molar-refractivity contribution is 7.99. The second-order valence-electron chi connectivity index (χ2n) is 4.66. The molecule has 0 saturated carbocycles. The van der Waals surface area contributed by atoms with Gasteiger partial charge in [-0.3, -0.25) is 0 Å². The maximum atomic E-state index is 6.17. The minimum absolute atomic E-state index is 0. The first kappa shape index (κ1) is 20.0. The van der Waals surface area contributed by atoms with Crippen LogP contribution in [-0.4, -0.2) is 39.1 Å². The van der Waals surface area contributed by atoms with E-state index in [9.17, 15) is 0 Å². The van der Waals surface area contributed by atoms with Crippen LogP contribution in [0.2, 0.25) is 5.02 Å². The van der Waals surface area contributed by atoms with Gasteiger partial charge < -0.3 is 10.1 Å². The molecule has 0 fully saturated rings. The second-order valence-corrected chi connectivity index (χ2v) is 6.13. The van der Waals surface area contributed by atoms with Crippen LogP contribution in [0.15, 0.2) is 23.4 Å². The summed E-state index contributed by atoms with van der Waals surface area (Å²) in [5.41, 5.74) is 1.15. The Morgan fingerprint density at radius 1 is 1.39 bits per heavy atom. The predicted octanol–water partition coefficient (Wildman–Crippen LogP) is 2.96. The number of hydrogen-bond acceptors (Lipinski definition) is 6. The van der Waals surface area contributed by atoms with Gasteiger partial charge in [-0.25, -0.2) is 4.68 Å². The van der Waals surface area contributed by atoms with E-state index in [-0.39, 0.29) is 12.4 Å². The van der Waals surface area contributed by atoms with E-state index in [0.717, 1.165) is 41.7 Å². The Morgan fingerprint density at radius 3 is 2.87 bits per heavy atom. The van der Waals surface area contributed by atoms with Gasteiger partial charge in [0, 0.05) is 19.3 Å². The van der Waals surface area contributed by atoms with Gasteiger partial charge in [0.05, 0.1) is 11.6 Å². The van der Waals surface area contributed by atoms with E-state index in [1.165, 1.54) is 0 Å². The summed E-state index contributed by atoms with van der Waals surface area (Å²) >= 11 is 7.82. The van der Waals surface area contributed by atoms with E-state index < -0.39 is 0 Å². The first-order chi connectivity index (χ1) is 10.7. The van der Waals surface area contributed by atoms with Crippen LogP contribution in [0, 0.1) is 0 Å². The Hall–Kier alpha value is -1.02. The molecule has 1 aromatic carbocycles. The normalized spacial score (nSPS) is 10.4. The molecule has 23 heavy (non-hydrogen) atoms. The summed E-state index contributed by atoms with van der Waals surface area (Å²) in [6.45, 7) is 4.29. The molecule has 1 N–H and O–H groups in total. The van der Waals surface area contributed by atoms with Gasteiger partial charge in [-0.1, -0.05) is 29.4 Å². The maximum Gasteiger partial charge on any atom is 0.209 e. The maximum absolute atomic E-state index is 6.17. The van der Waals surface area contributed by atoms with Crippen LogP contribution in [0.1, 0.15) is 18.9 Å². The Kier molecular flexibility index (Phi) is 9.31. The molecule has 0 amide bonds. The summed E-state index contributed by atoms with van der Waals surface area (Å²) in [6, 6.07) is 5.89. The van der Waals surface area contributed by atoms with E-state index in [1.807, 2.05) is 32.2 Å². The average molecular weight is 378 g/mol. The number of nitrogens with zero attached hydrogens (tertiary/aromatic N) is 4. The fraction of sp³-hybridized carbons (Fsp3) is 0.500. The number of tetrazole rings is 1. The zero-order valence-corrected chi connectivity index (χ0v) is 15.5. The molecule has 0 atom stereocenters. The molecule has 0 saturated heterocycles. The van der Waals surface area contributed by atoms with Crippen molar-refractivity contribution in [3.05, 3.63) is 28.8 Å². The first-order valence-electron chi connectivity index (χ1n) is 7.17. The Balaban J connectivity index is 0.00000264. The van der Waals surface area contributed by atoms with Crippen molar-refractivity contribution in [2.45, 2.75) is 25.0 Å². The summed E-state index contributed by atoms with van der Waals surface area (Å²) < 4.78 is 7.10. The lowest BCUT2D eigenvalue weighted by molar-refractivity contribution is 0.340. The molecule has 0 spiro atoms. The van der Waals surface area contributed by atoms with Crippen LogP contribution in [0.3, 0.4) is 0 Å². The van der Waals surface area contributed by atoms with Gasteiger partial charge in [0.25, 0.3) is 0 Å². The van der Waals surface area contributed by atoms with E-state index in [4.69, 9.17) is 16.3 Å². The van der Waals surface area contributed by atoms with Crippen LogP contribution in [0.4, 0.5) is 0 Å². The molecular weight excluding hydrogens is 357 g/mol. The van der Waals surface area contributed by atoms with Gasteiger partial charge in [-0.15, -0.1) is 17.5 Å². The van der Waals surface area contributed by atoms with Crippen molar-refractivity contribution in [2.75, 3.05) is 18.9 Å². The van der Waals surface area contributed by atoms with E-state index in [2.05, 4.69) is 20.8 Å². The number of benzene rings is 1. The van der Waals surface area contributed by atoms with Gasteiger partial charge in [0.1, 0.15) is 5.75 Å². The van der Waals surface area contributed by atoms with Crippen LogP contribution >= 0.6 is 35.8 Å². The number of aryl methyl sites for hydroxylation is 1. The Labute approximate surface area is 151 Å². The molecule has 0 bridgehead atoms. The third-order valence-corrected chi connectivity index (χ3v) is 4.33. The largest absolute Gasteiger partial charge is 0.492 e. The fourth-order valence-corrected chi connectivity index (χ4v) is 2.91. The molecule has 0 unspecified atom stereocenters. The lowest BCUT2D eigenvalue weighted by Gasteiger charge is -2.08. The number of hydrogen-bond donors (Lipinski definition) is 1. The smallest absolute Gasteiger partial charge is 0.209 e. The topological polar surface area (TPSA) is 64.9 Å². The predicted molar refractivity (Wildman–Crippen MR) is 95.7 cm³/mol. The molecule has 9 heteroatoms. The highest BCUT2D eigenvalue weighted by Gasteiger charge is 2.03. The lowest BCUT2D eigenvalue weighted by Crippen LogP contribution is -2.15. The van der Waals surface area contributed by atoms with Crippen molar-refractivity contribution in [3.63, 3.8) is 0 Å². The van der Waals surface area contributed by atoms with Crippen molar-refractivity contribution in [2.24, 2.45) is 7.05 Å². The fourth-order valence-electron chi connectivity index (χ4n) is 1.86. The zero-order valence-electron chi connectivity index (χ0n) is 13.2. The standard InChI is InChI=1S/C14H20ClN5OS.ClH/c1-3-21-13-6-5-11(9-12(13)15)10-16-7-4-8-22-14-17-18-19-20(14)2;/h5-6,9,16H,3-4,7-8,10H2,1-2H3;1H. The van der Waals surface area contributed by atoms with E-state index >= 15 is 0 Å². The number of aromatic nitrogens is 4. The first-order valence-corrected chi connectivity index (χ1v) is 8.54. The highest BCUT2D eigenvalue weighted by atomic mass is 35.5. The SMILES string of the molecule is CCOc1ccc(CNCCCSc2nnnn2C)cc1Cl.Cl. The van der Waals surface area contributed by atoms with Crippen molar-refractivity contribution in [1.82, 2.24) is 25.5 Å². The molecule has 6 nitrogen and oxygen atoms in total. The highest BCUT2D eigenvalue weighted by Crippen LogP contribution is 2.25. The number of rotatable bonds is 9. The molecule has 2 rings (SSSR count). The van der Waals surface area contributed by atoms with Crippen LogP contribution < -0.4 is 10.1 Å². The molecule has 0 aliphatic rings. The Bertz CT molecular complexity index is 596. The number of nitrogens with one attached hydrogen (secondary N) is 1. The van der Waals surface area contributed by atoms with E-state index in [0.29, 0.717) is 11.6 Å². The quantitative estimate of drug-likeness (QED) is 0.535. The number of ether oxygens (including phenoxy) is 1. The van der Waals surface area contributed by atoms with Gasteiger partial charge in [-0.2, -0.15) is 0 Å². The molecule has 2 aromatic rings. The minimum Gasteiger partial charge on any atom is -0.492 e. The van der Waals surface area contributed by atoms with Crippen molar-refractivity contribution in [1.29, 1.82) is 0 Å². The number of halogens is 2. The number of thioether (sulfide) groups is 1. The summed E-state index contributed by atoms with van der Waals surface area (Å²) in [6.07, 6.45) is 1.04. The lowest BCUT2D eigenvalue weighted by atomic mass is 10.2. The Morgan fingerprint density at radius 2 is 2.22 bits per heavy atom. The molecular formula is C14H21Cl2N5OS. The molecule has 1 aromatic heterocycles. The monoisotopic (exact) mass is 377 g/mol. The van der Waals surface area contributed by atoms with E-state index in [1.54, 1.807) is 16.4 Å². The van der Waals surface area contributed by atoms with Gasteiger partial charge in [-0.05, 0) is 48.0 Å². The summed E-state index contributed by atoms with van der Waals surface area (Å²) in [4.78, 5) is 0. The van der Waals surface area contributed by atoms with Crippen LogP contribution in [-0.2, 0) is 13.6 Å². The van der Waals surface area contributed by atoms with Crippen LogP contribution in [0.5, 0.6) is 5.75 Å². The van der Waals surface area contributed by atoms with Crippen molar-refractivity contribution >= 4 is 35.8 Å². The summed E-state index contributed by atoms with van der Waals surface area (Å²) in [5.74, 6) is 1.72. The molecule has 0 aliphatic carbocycles. The van der Waals surface area contributed by atoms with Crippen molar-refractivity contribution < 1.29 is 4.74 Å².